The highest BCUT2D eigenvalue weighted by atomic mass is 32.2. The number of amides is 1. The summed E-state index contributed by atoms with van der Waals surface area (Å²) in [6, 6.07) is 21.1. The molecule has 0 saturated heterocycles. The number of aromatic nitrogens is 1. The molecule has 6 nitrogen and oxygen atoms in total. The van der Waals surface area contributed by atoms with E-state index >= 15 is 0 Å². The Morgan fingerprint density at radius 1 is 0.939 bits per heavy atom. The first-order chi connectivity index (χ1) is 15.7. The Kier molecular flexibility index (Phi) is 4.97. The van der Waals surface area contributed by atoms with Gasteiger partial charge in [-0.3, -0.25) is 9.52 Å². The van der Waals surface area contributed by atoms with Gasteiger partial charge in [-0.05, 0) is 66.4 Å². The van der Waals surface area contributed by atoms with Crippen LogP contribution in [0.3, 0.4) is 0 Å². The van der Waals surface area contributed by atoms with Crippen LogP contribution in [0.2, 0.25) is 0 Å². The molecule has 8 heteroatoms. The van der Waals surface area contributed by atoms with Gasteiger partial charge in [0.15, 0.2) is 0 Å². The molecule has 0 atom stereocenters. The van der Waals surface area contributed by atoms with E-state index in [0.717, 1.165) is 35.6 Å². The number of hydrogen-bond acceptors (Lipinski definition) is 3. The number of anilines is 2. The van der Waals surface area contributed by atoms with E-state index in [1.807, 2.05) is 36.4 Å². The number of H-pyrrole nitrogens is 1. The molecule has 0 unspecified atom stereocenters. The van der Waals surface area contributed by atoms with E-state index < -0.39 is 10.0 Å². The van der Waals surface area contributed by atoms with Crippen LogP contribution in [0.4, 0.5) is 15.8 Å². The van der Waals surface area contributed by atoms with Gasteiger partial charge in [-0.15, -0.1) is 0 Å². The van der Waals surface area contributed by atoms with Crippen LogP contribution in [0.15, 0.2) is 72.8 Å². The average molecular weight is 464 g/mol. The Labute approximate surface area is 190 Å². The van der Waals surface area contributed by atoms with Gasteiger partial charge in [0, 0.05) is 22.0 Å². The number of fused-ring (bicyclic) bond motifs is 1. The maximum Gasteiger partial charge on any atom is 0.272 e. The second-order valence-electron chi connectivity index (χ2n) is 8.48. The normalized spacial score (nSPS) is 14.7. The summed E-state index contributed by atoms with van der Waals surface area (Å²) in [5.41, 5.74) is 4.12. The zero-order valence-corrected chi connectivity index (χ0v) is 18.7. The molecule has 3 aromatic carbocycles. The number of hydrogen-bond donors (Lipinski definition) is 3. The molecule has 1 amide bonds. The van der Waals surface area contributed by atoms with Gasteiger partial charge in [0.05, 0.1) is 11.9 Å². The fourth-order valence-electron chi connectivity index (χ4n) is 4.26. The van der Waals surface area contributed by atoms with Crippen molar-refractivity contribution < 1.29 is 17.6 Å². The van der Waals surface area contributed by atoms with Crippen LogP contribution in [-0.4, -0.2) is 25.6 Å². The number of rotatable bonds is 6. The molecule has 168 valence electrons. The molecule has 33 heavy (non-hydrogen) atoms. The predicted octanol–water partition coefficient (Wildman–Crippen LogP) is 5.01. The van der Waals surface area contributed by atoms with Gasteiger partial charge < -0.3 is 10.3 Å². The lowest BCUT2D eigenvalue weighted by Gasteiger charge is -2.17. The smallest absolute Gasteiger partial charge is 0.272 e. The predicted molar refractivity (Wildman–Crippen MR) is 128 cm³/mol. The second-order valence-corrected chi connectivity index (χ2v) is 10.2. The monoisotopic (exact) mass is 463 g/mol. The molecule has 1 aliphatic carbocycles. The minimum Gasteiger partial charge on any atom is -0.350 e. The molecular formula is C25H22FN3O3S. The number of nitrogens with one attached hydrogen (secondary N) is 3. The summed E-state index contributed by atoms with van der Waals surface area (Å²) in [7, 11) is -3.39. The summed E-state index contributed by atoms with van der Waals surface area (Å²) in [6.45, 7) is 0. The highest BCUT2D eigenvalue weighted by Gasteiger charge is 2.45. The van der Waals surface area contributed by atoms with Crippen LogP contribution < -0.4 is 10.0 Å². The number of sulfonamides is 1. The highest BCUT2D eigenvalue weighted by molar-refractivity contribution is 7.92. The molecule has 4 aromatic rings. The van der Waals surface area contributed by atoms with Crippen molar-refractivity contribution in [2.45, 2.75) is 18.3 Å². The number of aromatic amines is 1. The van der Waals surface area contributed by atoms with Crippen LogP contribution in [0.25, 0.3) is 10.9 Å². The SMILES string of the molecule is CS(=O)(=O)Nc1ccc2cc(C(=O)Nc3cccc(C4(c5ccc(F)cc5)CC4)c3)[nH]c2c1. The fourth-order valence-corrected chi connectivity index (χ4v) is 4.81. The van der Waals surface area contributed by atoms with E-state index in [1.165, 1.54) is 12.1 Å². The van der Waals surface area contributed by atoms with Crippen molar-refractivity contribution in [3.8, 4) is 0 Å². The molecule has 5 rings (SSSR count). The minimum atomic E-state index is -3.39. The van der Waals surface area contributed by atoms with Crippen LogP contribution >= 0.6 is 0 Å². The van der Waals surface area contributed by atoms with Crippen LogP contribution in [0.5, 0.6) is 0 Å². The molecule has 1 saturated carbocycles. The third-order valence-corrected chi connectivity index (χ3v) is 6.60. The lowest BCUT2D eigenvalue weighted by Crippen LogP contribution is -2.14. The molecule has 0 radical (unpaired) electrons. The summed E-state index contributed by atoms with van der Waals surface area (Å²) < 4.78 is 38.7. The number of carbonyl (C=O) groups excluding carboxylic acids is 1. The molecule has 1 fully saturated rings. The van der Waals surface area contributed by atoms with Crippen molar-refractivity contribution in [2.75, 3.05) is 16.3 Å². The fraction of sp³-hybridized carbons (Fsp3) is 0.160. The summed E-state index contributed by atoms with van der Waals surface area (Å²) in [5.74, 6) is -0.555. The van der Waals surface area contributed by atoms with Gasteiger partial charge in [-0.1, -0.05) is 30.3 Å². The van der Waals surface area contributed by atoms with Gasteiger partial charge in [0.1, 0.15) is 11.5 Å². The van der Waals surface area contributed by atoms with E-state index in [1.54, 1.807) is 24.3 Å². The highest BCUT2D eigenvalue weighted by Crippen LogP contribution is 2.53. The molecular weight excluding hydrogens is 441 g/mol. The molecule has 1 aliphatic rings. The van der Waals surface area contributed by atoms with E-state index in [0.29, 0.717) is 22.6 Å². The first-order valence-corrected chi connectivity index (χ1v) is 12.4. The summed E-state index contributed by atoms with van der Waals surface area (Å²) >= 11 is 0. The standard InChI is InChI=1S/C25H22FN3O3S/c1-33(31,32)29-21-10-5-16-13-23(28-22(16)15-21)24(30)27-20-4-2-3-18(14-20)25(11-12-25)17-6-8-19(26)9-7-17/h2-10,13-15,28-29H,11-12H2,1H3,(H,27,30). The zero-order valence-electron chi connectivity index (χ0n) is 17.9. The average Bonchev–Trinajstić information content (AvgIpc) is 3.46. The van der Waals surface area contributed by atoms with Crippen molar-refractivity contribution in [3.05, 3.63) is 95.4 Å². The van der Waals surface area contributed by atoms with E-state index in [4.69, 9.17) is 0 Å². The maximum absolute atomic E-state index is 13.4. The Balaban J connectivity index is 1.37. The van der Waals surface area contributed by atoms with Gasteiger partial charge >= 0.3 is 0 Å². The Bertz CT molecular complexity index is 1470. The van der Waals surface area contributed by atoms with Gasteiger partial charge in [0.25, 0.3) is 5.91 Å². The molecule has 3 N–H and O–H groups in total. The minimum absolute atomic E-state index is 0.140. The Morgan fingerprint density at radius 3 is 2.39 bits per heavy atom. The molecule has 0 bridgehead atoms. The third-order valence-electron chi connectivity index (χ3n) is 5.99. The summed E-state index contributed by atoms with van der Waals surface area (Å²) in [4.78, 5) is 15.9. The van der Waals surface area contributed by atoms with Crippen molar-refractivity contribution in [1.82, 2.24) is 4.98 Å². The van der Waals surface area contributed by atoms with Gasteiger partial charge in [-0.25, -0.2) is 12.8 Å². The zero-order chi connectivity index (χ0) is 23.2. The number of benzene rings is 3. The maximum atomic E-state index is 13.4. The molecule has 0 aliphatic heterocycles. The Hall–Kier alpha value is -3.65. The van der Waals surface area contributed by atoms with Crippen LogP contribution in [-0.2, 0) is 15.4 Å². The lowest BCUT2D eigenvalue weighted by molar-refractivity contribution is 0.102. The van der Waals surface area contributed by atoms with Crippen LogP contribution in [0, 0.1) is 5.82 Å². The molecule has 0 spiro atoms. The molecule has 1 heterocycles. The van der Waals surface area contributed by atoms with Gasteiger partial charge in [-0.2, -0.15) is 0 Å². The van der Waals surface area contributed by atoms with Gasteiger partial charge in [0.2, 0.25) is 10.0 Å². The van der Waals surface area contributed by atoms with Crippen LogP contribution in [0.1, 0.15) is 34.5 Å². The van der Waals surface area contributed by atoms with Crippen molar-refractivity contribution in [2.24, 2.45) is 0 Å². The van der Waals surface area contributed by atoms with Crippen molar-refractivity contribution in [3.63, 3.8) is 0 Å². The van der Waals surface area contributed by atoms with E-state index in [9.17, 15) is 17.6 Å². The van der Waals surface area contributed by atoms with Crippen molar-refractivity contribution >= 4 is 38.2 Å². The Morgan fingerprint density at radius 2 is 1.70 bits per heavy atom. The molecule has 1 aromatic heterocycles. The second kappa shape index (κ2) is 7.74. The topological polar surface area (TPSA) is 91.1 Å². The number of halogens is 1. The largest absolute Gasteiger partial charge is 0.350 e. The first-order valence-electron chi connectivity index (χ1n) is 10.5. The van der Waals surface area contributed by atoms with E-state index in [2.05, 4.69) is 15.0 Å². The third kappa shape index (κ3) is 4.34. The summed E-state index contributed by atoms with van der Waals surface area (Å²) in [6.07, 6.45) is 3.03. The first kappa shape index (κ1) is 21.2. The van der Waals surface area contributed by atoms with Crippen molar-refractivity contribution in [1.29, 1.82) is 0 Å². The van der Waals surface area contributed by atoms with E-state index in [-0.39, 0.29) is 17.1 Å². The summed E-state index contributed by atoms with van der Waals surface area (Å²) in [5, 5.41) is 3.72. The quantitative estimate of drug-likeness (QED) is 0.375. The number of carbonyl (C=O) groups is 1. The lowest BCUT2D eigenvalue weighted by atomic mass is 9.88.